The van der Waals surface area contributed by atoms with Crippen LogP contribution in [0.2, 0.25) is 0 Å². The first-order valence-electron chi connectivity index (χ1n) is 10.5. The van der Waals surface area contributed by atoms with Gasteiger partial charge in [0.25, 0.3) is 5.91 Å². The van der Waals surface area contributed by atoms with E-state index in [2.05, 4.69) is 51.1 Å². The largest absolute Gasteiger partial charge is 0.504 e. The fourth-order valence-corrected chi connectivity index (χ4v) is 5.91. The summed E-state index contributed by atoms with van der Waals surface area (Å²) in [5.41, 5.74) is 4.45. The van der Waals surface area contributed by atoms with Gasteiger partial charge in [-0.25, -0.2) is 5.43 Å². The number of hydrazone groups is 1. The molecule has 0 spiro atoms. The Morgan fingerprint density at radius 2 is 1.91 bits per heavy atom. The quantitative estimate of drug-likeness (QED) is 0.169. The predicted molar refractivity (Wildman–Crippen MR) is 139 cm³/mol. The molecular weight excluding hydrogens is 488 g/mol. The molecule has 0 unspecified atom stereocenters. The van der Waals surface area contributed by atoms with Crippen molar-refractivity contribution in [3.8, 4) is 11.5 Å². The molecule has 0 saturated carbocycles. The van der Waals surface area contributed by atoms with Crippen LogP contribution in [0.4, 0.5) is 0 Å². The number of benzene rings is 3. The van der Waals surface area contributed by atoms with Crippen LogP contribution in [0.5, 0.6) is 11.5 Å². The number of carbonyl (C=O) groups is 1. The summed E-state index contributed by atoms with van der Waals surface area (Å²) in [7, 11) is 0. The smallest absolute Gasteiger partial charge is 0.250 e. The second-order valence-corrected chi connectivity index (χ2v) is 10.4. The Bertz CT molecular complexity index is 1300. The van der Waals surface area contributed by atoms with Crippen LogP contribution in [0.15, 0.2) is 74.4 Å². The zero-order valence-electron chi connectivity index (χ0n) is 18.3. The normalized spacial score (nSPS) is 11.2. The Hall–Kier alpha value is -3.08. The summed E-state index contributed by atoms with van der Waals surface area (Å²) in [6.45, 7) is 2.28. The summed E-state index contributed by atoms with van der Waals surface area (Å²) in [5.74, 6) is 1.17. The van der Waals surface area contributed by atoms with Gasteiger partial charge in [0.05, 0.1) is 18.6 Å². The Kier molecular flexibility index (Phi) is 8.40. The van der Waals surface area contributed by atoms with Crippen molar-refractivity contribution in [2.45, 2.75) is 21.4 Å². The van der Waals surface area contributed by atoms with E-state index < -0.39 is 0 Å². The third-order valence-electron chi connectivity index (χ3n) is 4.63. The number of thioether (sulfide) groups is 2. The molecule has 0 atom stereocenters. The fourth-order valence-electron chi connectivity index (χ4n) is 3.09. The van der Waals surface area contributed by atoms with Gasteiger partial charge in [0.15, 0.2) is 20.2 Å². The van der Waals surface area contributed by atoms with Crippen molar-refractivity contribution in [1.82, 2.24) is 15.6 Å². The number of amides is 1. The molecule has 1 aromatic heterocycles. The third-order valence-corrected chi connectivity index (χ3v) is 7.87. The van der Waals surface area contributed by atoms with Crippen molar-refractivity contribution in [3.63, 3.8) is 0 Å². The SMILES string of the molecule is CCOc1cc(/C=N\NC(=O)CSc2nnc(SCc3cccc4ccccc34)s2)ccc1O. The number of aromatic nitrogens is 2. The number of ether oxygens (including phenoxy) is 1. The molecule has 0 aliphatic rings. The van der Waals surface area contributed by atoms with E-state index in [0.29, 0.717) is 17.9 Å². The lowest BCUT2D eigenvalue weighted by Crippen LogP contribution is -2.19. The van der Waals surface area contributed by atoms with Crippen LogP contribution in [0, 0.1) is 0 Å². The molecule has 1 amide bonds. The zero-order chi connectivity index (χ0) is 23.8. The maximum Gasteiger partial charge on any atom is 0.250 e. The molecule has 2 N–H and O–H groups in total. The number of hydrogen-bond acceptors (Lipinski definition) is 9. The van der Waals surface area contributed by atoms with Gasteiger partial charge in [-0.2, -0.15) is 5.10 Å². The van der Waals surface area contributed by atoms with Gasteiger partial charge in [-0.3, -0.25) is 4.79 Å². The number of phenolic OH excluding ortho intramolecular Hbond substituents is 1. The zero-order valence-corrected chi connectivity index (χ0v) is 20.8. The molecule has 4 rings (SSSR count). The molecule has 10 heteroatoms. The van der Waals surface area contributed by atoms with E-state index in [1.165, 1.54) is 51.7 Å². The standard InChI is InChI=1S/C24H22N4O3S3/c1-2-31-21-12-16(10-11-20(21)29)13-25-26-22(30)15-33-24-28-27-23(34-24)32-14-18-8-5-7-17-6-3-4-9-19(17)18/h3-13,29H,2,14-15H2,1H3,(H,26,30)/b25-13-. The van der Waals surface area contributed by atoms with Gasteiger partial charge in [0.2, 0.25) is 0 Å². The molecule has 7 nitrogen and oxygen atoms in total. The number of carbonyl (C=O) groups excluding carboxylic acids is 1. The van der Waals surface area contributed by atoms with Crippen molar-refractivity contribution in [1.29, 1.82) is 0 Å². The lowest BCUT2D eigenvalue weighted by atomic mass is 10.1. The molecule has 4 aromatic rings. The predicted octanol–water partition coefficient (Wildman–Crippen LogP) is 5.33. The van der Waals surface area contributed by atoms with Gasteiger partial charge in [0.1, 0.15) is 0 Å². The Morgan fingerprint density at radius 3 is 2.76 bits per heavy atom. The van der Waals surface area contributed by atoms with Crippen molar-refractivity contribution in [2.24, 2.45) is 5.10 Å². The average molecular weight is 511 g/mol. The molecule has 0 aliphatic carbocycles. The number of phenols is 1. The lowest BCUT2D eigenvalue weighted by Gasteiger charge is -2.05. The molecule has 3 aromatic carbocycles. The highest BCUT2D eigenvalue weighted by molar-refractivity contribution is 8.03. The van der Waals surface area contributed by atoms with Crippen molar-refractivity contribution < 1.29 is 14.6 Å². The van der Waals surface area contributed by atoms with Gasteiger partial charge in [0, 0.05) is 5.75 Å². The second kappa shape index (κ2) is 11.9. The van der Waals surface area contributed by atoms with Crippen LogP contribution >= 0.6 is 34.9 Å². The van der Waals surface area contributed by atoms with E-state index in [1.54, 1.807) is 23.9 Å². The molecule has 0 fully saturated rings. The fraction of sp³-hybridized carbons (Fsp3) is 0.167. The topological polar surface area (TPSA) is 96.7 Å². The average Bonchev–Trinajstić information content (AvgIpc) is 3.31. The summed E-state index contributed by atoms with van der Waals surface area (Å²) in [4.78, 5) is 12.1. The molecule has 0 aliphatic heterocycles. The number of hydrogen-bond donors (Lipinski definition) is 2. The number of rotatable bonds is 10. The molecule has 0 radical (unpaired) electrons. The minimum atomic E-state index is -0.245. The summed E-state index contributed by atoms with van der Waals surface area (Å²) >= 11 is 4.44. The lowest BCUT2D eigenvalue weighted by molar-refractivity contribution is -0.118. The third kappa shape index (κ3) is 6.49. The van der Waals surface area contributed by atoms with E-state index in [4.69, 9.17) is 4.74 Å². The van der Waals surface area contributed by atoms with E-state index in [-0.39, 0.29) is 17.4 Å². The Morgan fingerprint density at radius 1 is 1.12 bits per heavy atom. The minimum Gasteiger partial charge on any atom is -0.504 e. The van der Waals surface area contributed by atoms with E-state index in [1.807, 2.05) is 19.1 Å². The Labute approximate surface area is 209 Å². The van der Waals surface area contributed by atoms with Crippen LogP contribution in [0.3, 0.4) is 0 Å². The first-order valence-corrected chi connectivity index (χ1v) is 13.2. The van der Waals surface area contributed by atoms with Crippen LogP contribution in [0.1, 0.15) is 18.1 Å². The van der Waals surface area contributed by atoms with Crippen molar-refractivity contribution in [3.05, 3.63) is 71.8 Å². The molecule has 34 heavy (non-hydrogen) atoms. The van der Waals surface area contributed by atoms with Gasteiger partial charge in [-0.1, -0.05) is 77.3 Å². The minimum absolute atomic E-state index is 0.0612. The van der Waals surface area contributed by atoms with E-state index >= 15 is 0 Å². The monoisotopic (exact) mass is 510 g/mol. The van der Waals surface area contributed by atoms with Gasteiger partial charge >= 0.3 is 0 Å². The molecule has 0 saturated heterocycles. The van der Waals surface area contributed by atoms with Crippen LogP contribution in [0.25, 0.3) is 10.8 Å². The number of nitrogens with one attached hydrogen (secondary N) is 1. The van der Waals surface area contributed by atoms with Crippen LogP contribution < -0.4 is 10.2 Å². The molecule has 174 valence electrons. The maximum absolute atomic E-state index is 12.1. The van der Waals surface area contributed by atoms with Gasteiger partial charge in [-0.05, 0) is 47.0 Å². The number of fused-ring (bicyclic) bond motifs is 1. The van der Waals surface area contributed by atoms with E-state index in [0.717, 1.165) is 14.4 Å². The Balaban J connectivity index is 1.25. The summed E-state index contributed by atoms with van der Waals surface area (Å²) in [5, 5.41) is 24.6. The first-order chi connectivity index (χ1) is 16.6. The van der Waals surface area contributed by atoms with Crippen LogP contribution in [-0.4, -0.2) is 39.8 Å². The molecule has 1 heterocycles. The summed E-state index contributed by atoms with van der Waals surface area (Å²) in [6, 6.07) is 19.5. The van der Waals surface area contributed by atoms with Crippen molar-refractivity contribution >= 4 is 57.8 Å². The van der Waals surface area contributed by atoms with Crippen molar-refractivity contribution in [2.75, 3.05) is 12.4 Å². The summed E-state index contributed by atoms with van der Waals surface area (Å²) in [6.07, 6.45) is 1.50. The van der Waals surface area contributed by atoms with Gasteiger partial charge in [-0.15, -0.1) is 10.2 Å². The molecule has 0 bridgehead atoms. The number of aromatic hydroxyl groups is 1. The number of nitrogens with zero attached hydrogens (tertiary/aromatic N) is 3. The van der Waals surface area contributed by atoms with E-state index in [9.17, 15) is 9.90 Å². The van der Waals surface area contributed by atoms with Crippen LogP contribution in [-0.2, 0) is 10.5 Å². The highest BCUT2D eigenvalue weighted by atomic mass is 32.2. The highest BCUT2D eigenvalue weighted by Gasteiger charge is 2.10. The summed E-state index contributed by atoms with van der Waals surface area (Å²) < 4.78 is 6.94. The molecular formula is C24H22N4O3S3. The van der Waals surface area contributed by atoms with Gasteiger partial charge < -0.3 is 9.84 Å². The first kappa shape index (κ1) is 24.1. The highest BCUT2D eigenvalue weighted by Crippen LogP contribution is 2.32. The maximum atomic E-state index is 12.1. The second-order valence-electron chi connectivity index (χ2n) is 7.00.